The molecule has 2 heterocycles. The Labute approximate surface area is 98.6 Å². The van der Waals surface area contributed by atoms with E-state index in [1.54, 1.807) is 14.0 Å². The second-order valence-electron chi connectivity index (χ2n) is 3.41. The van der Waals surface area contributed by atoms with Crippen LogP contribution >= 0.6 is 0 Å². The maximum atomic E-state index is 12.0. The lowest BCUT2D eigenvalue weighted by Crippen LogP contribution is -2.14. The number of rotatable bonds is 3. The third kappa shape index (κ3) is 2.26. The minimum atomic E-state index is -3.66. The highest BCUT2D eigenvalue weighted by Gasteiger charge is 2.20. The first-order valence-electron chi connectivity index (χ1n) is 4.78. The van der Waals surface area contributed by atoms with Crippen LogP contribution in [0.2, 0.25) is 0 Å². The third-order valence-electron chi connectivity index (χ3n) is 2.28. The topological polar surface area (TPSA) is 89.8 Å². The average molecular weight is 253 g/mol. The van der Waals surface area contributed by atoms with Crippen molar-refractivity contribution in [3.63, 3.8) is 0 Å². The fourth-order valence-electron chi connectivity index (χ4n) is 1.29. The van der Waals surface area contributed by atoms with Crippen LogP contribution < -0.4 is 4.72 Å². The Morgan fingerprint density at radius 2 is 2.06 bits per heavy atom. The molecule has 17 heavy (non-hydrogen) atoms. The Balaban J connectivity index is 2.35. The van der Waals surface area contributed by atoms with Crippen LogP contribution in [-0.2, 0) is 17.1 Å². The molecule has 0 fully saturated rings. The van der Waals surface area contributed by atoms with Crippen molar-refractivity contribution < 1.29 is 8.42 Å². The van der Waals surface area contributed by atoms with Crippen molar-refractivity contribution in [2.24, 2.45) is 7.05 Å². The van der Waals surface area contributed by atoms with Crippen molar-refractivity contribution in [2.75, 3.05) is 4.72 Å². The molecule has 0 atom stereocenters. The van der Waals surface area contributed by atoms with E-state index >= 15 is 0 Å². The van der Waals surface area contributed by atoms with Gasteiger partial charge in [0.2, 0.25) is 0 Å². The molecule has 0 radical (unpaired) electrons. The van der Waals surface area contributed by atoms with Gasteiger partial charge in [-0.05, 0) is 6.92 Å². The predicted octanol–water partition coefficient (Wildman–Crippen LogP) is 0.319. The molecule has 0 spiro atoms. The minimum Gasteiger partial charge on any atom is -0.272 e. The zero-order chi connectivity index (χ0) is 12.5. The number of anilines is 1. The van der Waals surface area contributed by atoms with Gasteiger partial charge in [0.05, 0.1) is 18.1 Å². The summed E-state index contributed by atoms with van der Waals surface area (Å²) in [6.07, 6.45) is 5.51. The molecule has 7 nitrogen and oxygen atoms in total. The van der Waals surface area contributed by atoms with Gasteiger partial charge in [-0.3, -0.25) is 14.4 Å². The molecule has 2 aromatic heterocycles. The molecule has 0 amide bonds. The van der Waals surface area contributed by atoms with Crippen LogP contribution in [0.5, 0.6) is 0 Å². The SMILES string of the molecule is Cc1c(S(=O)(=O)Nc2cnccn2)cnn1C. The molecule has 0 saturated heterocycles. The van der Waals surface area contributed by atoms with Gasteiger partial charge < -0.3 is 0 Å². The van der Waals surface area contributed by atoms with Crippen LogP contribution in [0.25, 0.3) is 0 Å². The molecule has 0 bridgehead atoms. The summed E-state index contributed by atoms with van der Waals surface area (Å²) in [5.74, 6) is 0.177. The van der Waals surface area contributed by atoms with Crippen molar-refractivity contribution in [2.45, 2.75) is 11.8 Å². The van der Waals surface area contributed by atoms with E-state index in [1.165, 1.54) is 29.5 Å². The summed E-state index contributed by atoms with van der Waals surface area (Å²) in [5, 5.41) is 3.89. The molecule has 0 saturated carbocycles. The molecule has 2 rings (SSSR count). The van der Waals surface area contributed by atoms with Gasteiger partial charge in [-0.2, -0.15) is 5.10 Å². The first-order chi connectivity index (χ1) is 8.00. The zero-order valence-corrected chi connectivity index (χ0v) is 10.1. The van der Waals surface area contributed by atoms with Gasteiger partial charge in [0.25, 0.3) is 10.0 Å². The van der Waals surface area contributed by atoms with Crippen LogP contribution in [0.3, 0.4) is 0 Å². The lowest BCUT2D eigenvalue weighted by Gasteiger charge is -2.05. The highest BCUT2D eigenvalue weighted by molar-refractivity contribution is 7.92. The lowest BCUT2D eigenvalue weighted by atomic mass is 10.5. The van der Waals surface area contributed by atoms with Gasteiger partial charge in [-0.1, -0.05) is 0 Å². The maximum absolute atomic E-state index is 12.0. The summed E-state index contributed by atoms with van der Waals surface area (Å²) in [6, 6.07) is 0. The number of nitrogens with one attached hydrogen (secondary N) is 1. The van der Waals surface area contributed by atoms with Gasteiger partial charge >= 0.3 is 0 Å². The van der Waals surface area contributed by atoms with Crippen LogP contribution in [0.1, 0.15) is 5.69 Å². The van der Waals surface area contributed by atoms with E-state index in [0.29, 0.717) is 5.69 Å². The van der Waals surface area contributed by atoms with Crippen molar-refractivity contribution in [1.29, 1.82) is 0 Å². The van der Waals surface area contributed by atoms with Crippen LogP contribution in [-0.4, -0.2) is 28.2 Å². The number of nitrogens with zero attached hydrogens (tertiary/aromatic N) is 4. The molecule has 1 N–H and O–H groups in total. The standard InChI is InChI=1S/C9H11N5O2S/c1-7-8(5-12-14(7)2)17(15,16)13-9-6-10-3-4-11-9/h3-6H,1-2H3,(H,11,13). The van der Waals surface area contributed by atoms with Gasteiger partial charge in [0.1, 0.15) is 4.90 Å². The third-order valence-corrected chi connectivity index (χ3v) is 3.74. The van der Waals surface area contributed by atoms with Crippen molar-refractivity contribution >= 4 is 15.8 Å². The lowest BCUT2D eigenvalue weighted by molar-refractivity contribution is 0.600. The fourth-order valence-corrected chi connectivity index (χ4v) is 2.48. The highest BCUT2D eigenvalue weighted by Crippen LogP contribution is 2.16. The van der Waals surface area contributed by atoms with Crippen molar-refractivity contribution in [3.05, 3.63) is 30.5 Å². The largest absolute Gasteiger partial charge is 0.272 e. The van der Waals surface area contributed by atoms with E-state index in [2.05, 4.69) is 19.8 Å². The Bertz CT molecular complexity index is 620. The second kappa shape index (κ2) is 4.13. The summed E-state index contributed by atoms with van der Waals surface area (Å²) in [7, 11) is -1.98. The van der Waals surface area contributed by atoms with Gasteiger partial charge in [0.15, 0.2) is 5.82 Å². The summed E-state index contributed by atoms with van der Waals surface area (Å²) >= 11 is 0. The predicted molar refractivity (Wildman–Crippen MR) is 60.8 cm³/mol. The smallest absolute Gasteiger partial charge is 0.266 e. The van der Waals surface area contributed by atoms with Crippen molar-refractivity contribution in [1.82, 2.24) is 19.7 Å². The molecule has 2 aromatic rings. The Morgan fingerprint density at radius 1 is 1.29 bits per heavy atom. The summed E-state index contributed by atoms with van der Waals surface area (Å²) in [4.78, 5) is 7.76. The first-order valence-corrected chi connectivity index (χ1v) is 6.26. The number of sulfonamides is 1. The molecule has 0 aliphatic rings. The van der Waals surface area contributed by atoms with E-state index in [1.807, 2.05) is 0 Å². The van der Waals surface area contributed by atoms with Crippen LogP contribution in [0, 0.1) is 6.92 Å². The molecule has 0 aromatic carbocycles. The van der Waals surface area contributed by atoms with E-state index < -0.39 is 10.0 Å². The van der Waals surface area contributed by atoms with Crippen molar-refractivity contribution in [3.8, 4) is 0 Å². The average Bonchev–Trinajstić information content (AvgIpc) is 2.61. The fraction of sp³-hybridized carbons (Fsp3) is 0.222. The Kier molecular flexibility index (Phi) is 2.80. The van der Waals surface area contributed by atoms with E-state index in [0.717, 1.165) is 0 Å². The highest BCUT2D eigenvalue weighted by atomic mass is 32.2. The number of hydrogen-bond acceptors (Lipinski definition) is 5. The molecule has 90 valence electrons. The second-order valence-corrected chi connectivity index (χ2v) is 5.06. The molecule has 0 aliphatic heterocycles. The van der Waals surface area contributed by atoms with E-state index in [4.69, 9.17) is 0 Å². The summed E-state index contributed by atoms with van der Waals surface area (Å²) in [5.41, 5.74) is 0.557. The Hall–Kier alpha value is -1.96. The van der Waals surface area contributed by atoms with E-state index in [-0.39, 0.29) is 10.7 Å². The van der Waals surface area contributed by atoms with Gasteiger partial charge in [-0.15, -0.1) is 0 Å². The normalized spacial score (nSPS) is 11.4. The van der Waals surface area contributed by atoms with Gasteiger partial charge in [0, 0.05) is 19.4 Å². The van der Waals surface area contributed by atoms with E-state index in [9.17, 15) is 8.42 Å². The number of aryl methyl sites for hydroxylation is 1. The molecule has 0 unspecified atom stereocenters. The Morgan fingerprint density at radius 3 is 2.59 bits per heavy atom. The zero-order valence-electron chi connectivity index (χ0n) is 9.32. The monoisotopic (exact) mass is 253 g/mol. The summed E-state index contributed by atoms with van der Waals surface area (Å²) in [6.45, 7) is 1.68. The molecular formula is C9H11N5O2S. The van der Waals surface area contributed by atoms with Gasteiger partial charge in [-0.25, -0.2) is 13.4 Å². The first kappa shape index (κ1) is 11.5. The molecular weight excluding hydrogens is 242 g/mol. The minimum absolute atomic E-state index is 0.130. The number of hydrogen-bond donors (Lipinski definition) is 1. The quantitative estimate of drug-likeness (QED) is 0.850. The van der Waals surface area contributed by atoms with Crippen LogP contribution in [0.4, 0.5) is 5.82 Å². The number of aromatic nitrogens is 4. The molecule has 0 aliphatic carbocycles. The van der Waals surface area contributed by atoms with Crippen LogP contribution in [0.15, 0.2) is 29.7 Å². The molecule has 8 heteroatoms. The summed E-state index contributed by atoms with van der Waals surface area (Å²) < 4.78 is 27.8. The maximum Gasteiger partial charge on any atom is 0.266 e.